The lowest BCUT2D eigenvalue weighted by Gasteiger charge is -2.10. The van der Waals surface area contributed by atoms with Crippen molar-refractivity contribution in [1.82, 2.24) is 20.2 Å². The summed E-state index contributed by atoms with van der Waals surface area (Å²) in [7, 11) is 0. The van der Waals surface area contributed by atoms with Crippen LogP contribution in [0.15, 0.2) is 30.3 Å². The van der Waals surface area contributed by atoms with E-state index in [1.165, 1.54) is 4.68 Å². The lowest BCUT2D eigenvalue weighted by atomic mass is 10.3. The number of primary amides is 1. The van der Waals surface area contributed by atoms with Crippen molar-refractivity contribution in [2.24, 2.45) is 5.73 Å². The summed E-state index contributed by atoms with van der Waals surface area (Å²) in [6.07, 6.45) is 0. The number of hydrogen-bond donors (Lipinski definition) is 2. The Bertz CT molecular complexity index is 509. The van der Waals surface area contributed by atoms with Gasteiger partial charge in [0.2, 0.25) is 11.9 Å². The average Bonchev–Trinajstić information content (AvgIpc) is 2.78. The second-order valence-electron chi connectivity index (χ2n) is 3.52. The van der Waals surface area contributed by atoms with Crippen molar-refractivity contribution >= 4 is 11.9 Å². The number of tetrazole rings is 1. The maximum Gasteiger partial charge on any atom is 0.248 e. The van der Waals surface area contributed by atoms with Gasteiger partial charge in [0.1, 0.15) is 6.04 Å². The average molecular weight is 232 g/mol. The van der Waals surface area contributed by atoms with Crippen molar-refractivity contribution in [3.63, 3.8) is 0 Å². The van der Waals surface area contributed by atoms with Crippen LogP contribution in [0.3, 0.4) is 0 Å². The Morgan fingerprint density at radius 2 is 2.12 bits per heavy atom. The topological polar surface area (TPSA) is 98.7 Å². The smallest absolute Gasteiger partial charge is 0.248 e. The number of nitrogens with one attached hydrogen (secondary N) is 1. The van der Waals surface area contributed by atoms with Gasteiger partial charge in [0.05, 0.1) is 5.69 Å². The molecule has 88 valence electrons. The lowest BCUT2D eigenvalue weighted by molar-refractivity contribution is -0.118. The van der Waals surface area contributed by atoms with E-state index in [9.17, 15) is 4.79 Å². The van der Waals surface area contributed by atoms with Crippen LogP contribution in [0.4, 0.5) is 5.95 Å². The summed E-state index contributed by atoms with van der Waals surface area (Å²) in [6.45, 7) is 1.65. The van der Waals surface area contributed by atoms with Gasteiger partial charge in [-0.05, 0) is 29.5 Å². The third kappa shape index (κ3) is 2.39. The molecule has 0 fully saturated rings. The maximum atomic E-state index is 11.0. The summed E-state index contributed by atoms with van der Waals surface area (Å²) in [6, 6.07) is 8.82. The van der Waals surface area contributed by atoms with Crippen LogP contribution in [0.25, 0.3) is 5.69 Å². The minimum atomic E-state index is -0.538. The number of carbonyl (C=O) groups is 1. The normalized spacial score (nSPS) is 12.1. The third-order valence-electron chi connectivity index (χ3n) is 2.24. The minimum absolute atomic E-state index is 0.377. The molecule has 0 spiro atoms. The molecule has 2 rings (SSSR count). The summed E-state index contributed by atoms with van der Waals surface area (Å²) >= 11 is 0. The molecule has 0 saturated carbocycles. The summed E-state index contributed by atoms with van der Waals surface area (Å²) in [5, 5.41) is 14.0. The fourth-order valence-corrected chi connectivity index (χ4v) is 1.28. The zero-order valence-electron chi connectivity index (χ0n) is 9.24. The van der Waals surface area contributed by atoms with E-state index in [-0.39, 0.29) is 0 Å². The molecular weight excluding hydrogens is 220 g/mol. The number of nitrogens with zero attached hydrogens (tertiary/aromatic N) is 4. The molecule has 1 atom stereocenters. The second kappa shape index (κ2) is 4.60. The fourth-order valence-electron chi connectivity index (χ4n) is 1.28. The van der Waals surface area contributed by atoms with Crippen LogP contribution in [0.2, 0.25) is 0 Å². The highest BCUT2D eigenvalue weighted by Crippen LogP contribution is 2.11. The third-order valence-corrected chi connectivity index (χ3v) is 2.24. The molecule has 1 heterocycles. The van der Waals surface area contributed by atoms with Gasteiger partial charge in [0.15, 0.2) is 0 Å². The summed E-state index contributed by atoms with van der Waals surface area (Å²) < 4.78 is 1.50. The number of nitrogens with two attached hydrogens (primary N) is 1. The first-order chi connectivity index (χ1) is 8.18. The molecule has 1 aromatic carbocycles. The van der Waals surface area contributed by atoms with Crippen LogP contribution in [0.1, 0.15) is 6.92 Å². The Hall–Kier alpha value is -2.44. The van der Waals surface area contributed by atoms with Crippen LogP contribution in [-0.2, 0) is 4.79 Å². The van der Waals surface area contributed by atoms with E-state index in [1.807, 2.05) is 30.3 Å². The molecule has 0 aliphatic rings. The van der Waals surface area contributed by atoms with Crippen molar-refractivity contribution in [2.75, 3.05) is 5.32 Å². The van der Waals surface area contributed by atoms with Crippen molar-refractivity contribution in [2.45, 2.75) is 13.0 Å². The van der Waals surface area contributed by atoms with Crippen LogP contribution in [0, 0.1) is 0 Å². The largest absolute Gasteiger partial charge is 0.368 e. The molecule has 7 heteroatoms. The summed E-state index contributed by atoms with van der Waals surface area (Å²) in [4.78, 5) is 11.0. The Morgan fingerprint density at radius 1 is 1.41 bits per heavy atom. The zero-order chi connectivity index (χ0) is 12.3. The maximum absolute atomic E-state index is 11.0. The summed E-state index contributed by atoms with van der Waals surface area (Å²) in [5.74, 6) is -0.0879. The van der Waals surface area contributed by atoms with Crippen molar-refractivity contribution < 1.29 is 4.79 Å². The van der Waals surface area contributed by atoms with E-state index in [0.717, 1.165) is 5.69 Å². The predicted octanol–water partition coefficient (Wildman–Crippen LogP) is -0.0520. The fraction of sp³-hybridized carbons (Fsp3) is 0.200. The first-order valence-corrected chi connectivity index (χ1v) is 5.08. The van der Waals surface area contributed by atoms with E-state index in [4.69, 9.17) is 5.73 Å². The highest BCUT2D eigenvalue weighted by atomic mass is 16.1. The van der Waals surface area contributed by atoms with Crippen LogP contribution in [0.5, 0.6) is 0 Å². The van der Waals surface area contributed by atoms with E-state index >= 15 is 0 Å². The Labute approximate surface area is 97.6 Å². The van der Waals surface area contributed by atoms with Gasteiger partial charge in [-0.15, -0.1) is 0 Å². The van der Waals surface area contributed by atoms with E-state index in [2.05, 4.69) is 20.8 Å². The number of rotatable bonds is 4. The van der Waals surface area contributed by atoms with Gasteiger partial charge in [-0.2, -0.15) is 4.68 Å². The number of aromatic nitrogens is 4. The Balaban J connectivity index is 2.26. The van der Waals surface area contributed by atoms with E-state index in [0.29, 0.717) is 5.95 Å². The SMILES string of the molecule is CC(Nc1nnnn1-c1ccccc1)C(N)=O. The zero-order valence-corrected chi connectivity index (χ0v) is 9.24. The van der Waals surface area contributed by atoms with Crippen molar-refractivity contribution in [3.05, 3.63) is 30.3 Å². The van der Waals surface area contributed by atoms with Crippen LogP contribution < -0.4 is 11.1 Å². The monoisotopic (exact) mass is 232 g/mol. The number of amides is 1. The lowest BCUT2D eigenvalue weighted by Crippen LogP contribution is -2.33. The van der Waals surface area contributed by atoms with Gasteiger partial charge < -0.3 is 11.1 Å². The van der Waals surface area contributed by atoms with Gasteiger partial charge in [0, 0.05) is 0 Å². The van der Waals surface area contributed by atoms with Crippen molar-refractivity contribution in [1.29, 1.82) is 0 Å². The molecule has 0 bridgehead atoms. The van der Waals surface area contributed by atoms with Gasteiger partial charge in [-0.25, -0.2) is 0 Å². The Morgan fingerprint density at radius 3 is 2.76 bits per heavy atom. The highest BCUT2D eigenvalue weighted by Gasteiger charge is 2.13. The molecule has 7 nitrogen and oxygen atoms in total. The number of anilines is 1. The molecule has 0 radical (unpaired) electrons. The van der Waals surface area contributed by atoms with E-state index in [1.54, 1.807) is 6.92 Å². The minimum Gasteiger partial charge on any atom is -0.368 e. The van der Waals surface area contributed by atoms with Crippen molar-refractivity contribution in [3.8, 4) is 5.69 Å². The molecule has 3 N–H and O–H groups in total. The van der Waals surface area contributed by atoms with Gasteiger partial charge in [-0.3, -0.25) is 4.79 Å². The van der Waals surface area contributed by atoms with Gasteiger partial charge in [0.25, 0.3) is 0 Å². The van der Waals surface area contributed by atoms with Crippen LogP contribution in [-0.4, -0.2) is 32.2 Å². The standard InChI is InChI=1S/C10H12N6O/c1-7(9(11)17)12-10-13-14-15-16(10)8-5-3-2-4-6-8/h2-7H,1H3,(H2,11,17)(H,12,13,15). The molecule has 2 aromatic rings. The number of para-hydroxylation sites is 1. The number of benzene rings is 1. The first-order valence-electron chi connectivity index (χ1n) is 5.08. The quantitative estimate of drug-likeness (QED) is 0.769. The molecular formula is C10H12N6O. The second-order valence-corrected chi connectivity index (χ2v) is 3.52. The Kier molecular flexibility index (Phi) is 2.99. The highest BCUT2D eigenvalue weighted by molar-refractivity contribution is 5.81. The molecule has 1 unspecified atom stereocenters. The summed E-state index contributed by atoms with van der Waals surface area (Å²) in [5.41, 5.74) is 5.96. The molecule has 17 heavy (non-hydrogen) atoms. The van der Waals surface area contributed by atoms with Gasteiger partial charge in [-0.1, -0.05) is 23.3 Å². The molecule has 1 aromatic heterocycles. The molecule has 0 saturated heterocycles. The van der Waals surface area contributed by atoms with Crippen LogP contribution >= 0.6 is 0 Å². The molecule has 1 amide bonds. The molecule has 0 aliphatic carbocycles. The number of hydrogen-bond acceptors (Lipinski definition) is 5. The predicted molar refractivity (Wildman–Crippen MR) is 61.4 cm³/mol. The molecule has 0 aliphatic heterocycles. The van der Waals surface area contributed by atoms with Gasteiger partial charge >= 0.3 is 0 Å². The number of carbonyl (C=O) groups excluding carboxylic acids is 1. The van der Waals surface area contributed by atoms with E-state index < -0.39 is 11.9 Å². The first kappa shape index (κ1) is 11.1.